The summed E-state index contributed by atoms with van der Waals surface area (Å²) in [6, 6.07) is 0. The van der Waals surface area contributed by atoms with E-state index in [1.165, 1.54) is 0 Å². The Morgan fingerprint density at radius 3 is 2.58 bits per heavy atom. The third-order valence-electron chi connectivity index (χ3n) is 1.31. The molecule has 0 unspecified atom stereocenters. The second kappa shape index (κ2) is 4.60. The Balaban J connectivity index is 3.69. The lowest BCUT2D eigenvalue weighted by molar-refractivity contribution is 0.385. The molecule has 4 heteroatoms. The van der Waals surface area contributed by atoms with Crippen molar-refractivity contribution in [1.82, 2.24) is 5.43 Å². The number of nitrogens with two attached hydrogens (primary N) is 1. The number of rotatable bonds is 2. The molecule has 68 valence electrons. The van der Waals surface area contributed by atoms with Gasteiger partial charge >= 0.3 is 0 Å². The summed E-state index contributed by atoms with van der Waals surface area (Å²) in [5.74, 6) is 0.203. The predicted molar refractivity (Wildman–Crippen MR) is 50.3 cm³/mol. The third-order valence-corrected chi connectivity index (χ3v) is 1.31. The van der Waals surface area contributed by atoms with Crippen LogP contribution in [0.1, 0.15) is 27.2 Å². The number of nitrogens with one attached hydrogen (secondary N) is 1. The first-order chi connectivity index (χ1) is 5.45. The summed E-state index contributed by atoms with van der Waals surface area (Å²) in [6.07, 6.45) is 0.966. The molecule has 0 amide bonds. The van der Waals surface area contributed by atoms with Crippen LogP contribution in [0.3, 0.4) is 0 Å². The van der Waals surface area contributed by atoms with E-state index in [2.05, 4.69) is 36.1 Å². The van der Waals surface area contributed by atoms with Crippen molar-refractivity contribution in [2.24, 2.45) is 16.1 Å². The zero-order valence-electron chi connectivity index (χ0n) is 7.89. The van der Waals surface area contributed by atoms with Gasteiger partial charge in [0.1, 0.15) is 0 Å². The molecule has 4 nitrogen and oxygen atoms in total. The number of nitrogens with zero attached hydrogens (tertiary/aromatic N) is 2. The van der Waals surface area contributed by atoms with Gasteiger partial charge in [-0.25, -0.2) is 4.99 Å². The monoisotopic (exact) mass is 168 g/mol. The molecule has 0 heterocycles. The van der Waals surface area contributed by atoms with Gasteiger partial charge in [0.05, 0.1) is 0 Å². The molecule has 0 rings (SSSR count). The van der Waals surface area contributed by atoms with Crippen LogP contribution in [0.25, 0.3) is 4.95 Å². The Hall–Kier alpha value is -1.24. The second-order valence-electron chi connectivity index (χ2n) is 3.80. The fourth-order valence-corrected chi connectivity index (χ4v) is 0.604. The molecule has 0 fully saturated rings. The SMILES string of the molecule is [C-]#[N+]NC(N)=NCCC(C)(C)C. The van der Waals surface area contributed by atoms with Gasteiger partial charge in [-0.2, -0.15) is 11.5 Å². The summed E-state index contributed by atoms with van der Waals surface area (Å²) < 4.78 is 0. The molecule has 0 radical (unpaired) electrons. The molecule has 0 saturated carbocycles. The van der Waals surface area contributed by atoms with Crippen molar-refractivity contribution < 1.29 is 0 Å². The maximum atomic E-state index is 6.44. The van der Waals surface area contributed by atoms with Crippen LogP contribution in [0.15, 0.2) is 4.99 Å². The van der Waals surface area contributed by atoms with Gasteiger partial charge in [-0.3, -0.25) is 0 Å². The van der Waals surface area contributed by atoms with E-state index >= 15 is 0 Å². The van der Waals surface area contributed by atoms with E-state index in [0.717, 1.165) is 6.42 Å². The van der Waals surface area contributed by atoms with Gasteiger partial charge in [0.2, 0.25) is 0 Å². The molecule has 0 bridgehead atoms. The van der Waals surface area contributed by atoms with E-state index in [0.29, 0.717) is 6.54 Å². The fraction of sp³-hybridized carbons (Fsp3) is 0.750. The lowest BCUT2D eigenvalue weighted by Crippen LogP contribution is -2.26. The molecule has 0 aromatic heterocycles. The smallest absolute Gasteiger partial charge is 0.259 e. The summed E-state index contributed by atoms with van der Waals surface area (Å²) in [7, 11) is 0. The normalized spacial score (nSPS) is 12.3. The topological polar surface area (TPSA) is 54.8 Å². The van der Waals surface area contributed by atoms with Crippen LogP contribution in [0, 0.1) is 12.0 Å². The summed E-state index contributed by atoms with van der Waals surface area (Å²) in [6.45, 7) is 13.5. The molecular formula is C8H16N4. The van der Waals surface area contributed by atoms with Gasteiger partial charge in [0, 0.05) is 6.54 Å². The number of hydrogen-bond donors (Lipinski definition) is 2. The highest BCUT2D eigenvalue weighted by atomic mass is 15.3. The standard InChI is InChI=1S/C8H16N4/c1-8(2,3)5-6-11-7(9)12-10-4/h5-6H2,1-3H3,(H3,9,11,12). The second-order valence-corrected chi connectivity index (χ2v) is 3.80. The molecule has 0 aliphatic rings. The molecule has 12 heavy (non-hydrogen) atoms. The van der Waals surface area contributed by atoms with E-state index in [-0.39, 0.29) is 11.4 Å². The van der Waals surface area contributed by atoms with Crippen molar-refractivity contribution in [2.75, 3.05) is 6.54 Å². The number of aliphatic imine (C=N–C) groups is 1. The first-order valence-electron chi connectivity index (χ1n) is 3.88. The quantitative estimate of drug-likeness (QED) is 0.281. The van der Waals surface area contributed by atoms with Crippen molar-refractivity contribution in [3.63, 3.8) is 0 Å². The van der Waals surface area contributed by atoms with Crippen LogP contribution in [0.4, 0.5) is 0 Å². The maximum absolute atomic E-state index is 6.44. The van der Waals surface area contributed by atoms with E-state index in [1.807, 2.05) is 0 Å². The van der Waals surface area contributed by atoms with E-state index in [1.54, 1.807) is 0 Å². The summed E-state index contributed by atoms with van der Waals surface area (Å²) >= 11 is 0. The largest absolute Gasteiger partial charge is 0.365 e. The highest BCUT2D eigenvalue weighted by molar-refractivity contribution is 5.78. The summed E-state index contributed by atoms with van der Waals surface area (Å²) in [5, 5.41) is 0. The predicted octanol–water partition coefficient (Wildman–Crippen LogP) is 1.16. The van der Waals surface area contributed by atoms with Gasteiger partial charge in [-0.05, 0) is 11.8 Å². The Labute approximate surface area is 73.7 Å². The van der Waals surface area contributed by atoms with Gasteiger partial charge in [0.25, 0.3) is 5.96 Å². The Bertz CT molecular complexity index is 194. The Morgan fingerprint density at radius 2 is 2.17 bits per heavy atom. The fourth-order valence-electron chi connectivity index (χ4n) is 0.604. The first-order valence-corrected chi connectivity index (χ1v) is 3.88. The Morgan fingerprint density at radius 1 is 1.58 bits per heavy atom. The lowest BCUT2D eigenvalue weighted by atomic mass is 9.93. The van der Waals surface area contributed by atoms with Crippen molar-refractivity contribution in [3.05, 3.63) is 11.5 Å². The minimum atomic E-state index is 0.203. The van der Waals surface area contributed by atoms with Crippen molar-refractivity contribution in [2.45, 2.75) is 27.2 Å². The zero-order chi connectivity index (χ0) is 9.61. The van der Waals surface area contributed by atoms with Gasteiger partial charge in [-0.1, -0.05) is 26.2 Å². The Kier molecular flexibility index (Phi) is 4.12. The molecule has 3 N–H and O–H groups in total. The van der Waals surface area contributed by atoms with E-state index in [4.69, 9.17) is 12.3 Å². The molecule has 0 aromatic rings. The molecular weight excluding hydrogens is 152 g/mol. The molecule has 0 aliphatic carbocycles. The van der Waals surface area contributed by atoms with Crippen molar-refractivity contribution in [1.29, 1.82) is 0 Å². The lowest BCUT2D eigenvalue weighted by Gasteiger charge is -2.15. The molecule has 0 aliphatic heterocycles. The number of hydrogen-bond acceptors (Lipinski definition) is 1. The minimum absolute atomic E-state index is 0.203. The van der Waals surface area contributed by atoms with Crippen LogP contribution in [0.5, 0.6) is 0 Å². The van der Waals surface area contributed by atoms with Crippen LogP contribution >= 0.6 is 0 Å². The van der Waals surface area contributed by atoms with Gasteiger partial charge < -0.3 is 5.73 Å². The highest BCUT2D eigenvalue weighted by Gasteiger charge is 2.08. The average molecular weight is 168 g/mol. The zero-order valence-corrected chi connectivity index (χ0v) is 7.89. The first kappa shape index (κ1) is 10.8. The van der Waals surface area contributed by atoms with Crippen molar-refractivity contribution >= 4 is 5.96 Å². The van der Waals surface area contributed by atoms with Crippen LogP contribution in [-0.4, -0.2) is 12.5 Å². The van der Waals surface area contributed by atoms with Crippen LogP contribution in [-0.2, 0) is 0 Å². The third kappa shape index (κ3) is 6.87. The molecule has 0 saturated heterocycles. The van der Waals surface area contributed by atoms with Gasteiger partial charge in [-0.15, -0.1) is 0 Å². The van der Waals surface area contributed by atoms with Crippen LogP contribution in [0.2, 0.25) is 0 Å². The van der Waals surface area contributed by atoms with Crippen molar-refractivity contribution in [3.8, 4) is 0 Å². The van der Waals surface area contributed by atoms with Crippen LogP contribution < -0.4 is 11.2 Å². The summed E-state index contributed by atoms with van der Waals surface area (Å²) in [4.78, 5) is 6.86. The summed E-state index contributed by atoms with van der Waals surface area (Å²) in [5.41, 5.74) is 7.86. The number of guanidine groups is 1. The average Bonchev–Trinajstić information content (AvgIpc) is 1.84. The van der Waals surface area contributed by atoms with Gasteiger partial charge in [0.15, 0.2) is 0 Å². The van der Waals surface area contributed by atoms with E-state index in [9.17, 15) is 0 Å². The minimum Gasteiger partial charge on any atom is -0.365 e. The van der Waals surface area contributed by atoms with E-state index < -0.39 is 0 Å². The molecule has 0 aromatic carbocycles. The maximum Gasteiger partial charge on any atom is 0.259 e. The highest BCUT2D eigenvalue weighted by Crippen LogP contribution is 2.17. The molecule has 0 spiro atoms. The molecule has 0 atom stereocenters.